The standard InChI is InChI=1S/C12H24BO3/c1-7-15-12(5,6)13-16-11(14)10(4)8-9(2)3/h9-10H,7-8H2,1-6H3. The Kier molecular flexibility index (Phi) is 6.73. The first-order chi connectivity index (χ1) is 7.28. The summed E-state index contributed by atoms with van der Waals surface area (Å²) in [5.41, 5.74) is -0.512. The van der Waals surface area contributed by atoms with Gasteiger partial charge in [0.15, 0.2) is 0 Å². The van der Waals surface area contributed by atoms with Crippen molar-refractivity contribution in [1.82, 2.24) is 0 Å². The summed E-state index contributed by atoms with van der Waals surface area (Å²) in [5.74, 6) is 0.262. The highest BCUT2D eigenvalue weighted by molar-refractivity contribution is 6.34. The van der Waals surface area contributed by atoms with E-state index in [1.54, 1.807) is 0 Å². The summed E-state index contributed by atoms with van der Waals surface area (Å²) in [7, 11) is 1.48. The van der Waals surface area contributed by atoms with Crippen molar-refractivity contribution in [2.24, 2.45) is 11.8 Å². The number of hydrogen-bond donors (Lipinski definition) is 0. The van der Waals surface area contributed by atoms with Crippen molar-refractivity contribution in [2.45, 2.75) is 53.5 Å². The van der Waals surface area contributed by atoms with E-state index in [9.17, 15) is 4.79 Å². The van der Waals surface area contributed by atoms with E-state index in [2.05, 4.69) is 13.8 Å². The second-order valence-corrected chi connectivity index (χ2v) is 5.12. The molecule has 0 aromatic carbocycles. The lowest BCUT2D eigenvalue weighted by atomic mass is 9.77. The minimum Gasteiger partial charge on any atom is -0.535 e. The highest BCUT2D eigenvalue weighted by atomic mass is 16.5. The third-order valence-corrected chi connectivity index (χ3v) is 2.20. The van der Waals surface area contributed by atoms with Crippen LogP contribution in [0.2, 0.25) is 0 Å². The van der Waals surface area contributed by atoms with Crippen molar-refractivity contribution < 1.29 is 14.2 Å². The minimum atomic E-state index is -0.512. The van der Waals surface area contributed by atoms with Crippen molar-refractivity contribution in [2.75, 3.05) is 6.61 Å². The molecule has 1 atom stereocenters. The molecule has 0 spiro atoms. The molecule has 3 nitrogen and oxygen atoms in total. The number of ether oxygens (including phenoxy) is 1. The van der Waals surface area contributed by atoms with Crippen molar-refractivity contribution in [3.8, 4) is 0 Å². The molecular weight excluding hydrogens is 203 g/mol. The lowest BCUT2D eigenvalue weighted by Crippen LogP contribution is -2.36. The maximum Gasteiger partial charge on any atom is 0.408 e. The van der Waals surface area contributed by atoms with E-state index in [1.807, 2.05) is 27.7 Å². The normalized spacial score (nSPS) is 13.7. The minimum absolute atomic E-state index is 0.0614. The third-order valence-electron chi connectivity index (χ3n) is 2.20. The van der Waals surface area contributed by atoms with E-state index in [4.69, 9.17) is 9.39 Å². The Balaban J connectivity index is 3.97. The molecule has 0 aromatic rings. The molecule has 0 saturated carbocycles. The maximum atomic E-state index is 11.6. The molecule has 0 amide bonds. The topological polar surface area (TPSA) is 35.5 Å². The van der Waals surface area contributed by atoms with Gasteiger partial charge >= 0.3 is 7.48 Å². The van der Waals surface area contributed by atoms with Gasteiger partial charge < -0.3 is 9.39 Å². The molecule has 93 valence electrons. The summed E-state index contributed by atoms with van der Waals surface area (Å²) in [6, 6.07) is 0. The van der Waals surface area contributed by atoms with Crippen LogP contribution >= 0.6 is 0 Å². The zero-order valence-corrected chi connectivity index (χ0v) is 11.4. The molecule has 0 aliphatic carbocycles. The van der Waals surface area contributed by atoms with E-state index >= 15 is 0 Å². The second-order valence-electron chi connectivity index (χ2n) is 5.12. The predicted molar refractivity (Wildman–Crippen MR) is 66.2 cm³/mol. The van der Waals surface area contributed by atoms with E-state index in [-0.39, 0.29) is 11.9 Å². The highest BCUT2D eigenvalue weighted by Crippen LogP contribution is 2.14. The van der Waals surface area contributed by atoms with Crippen LogP contribution in [0.5, 0.6) is 0 Å². The molecule has 1 radical (unpaired) electrons. The van der Waals surface area contributed by atoms with Crippen LogP contribution < -0.4 is 0 Å². The summed E-state index contributed by atoms with van der Waals surface area (Å²) in [6.45, 7) is 12.3. The lowest BCUT2D eigenvalue weighted by Gasteiger charge is -2.23. The molecule has 1 unspecified atom stereocenters. The van der Waals surface area contributed by atoms with Crippen LogP contribution in [0.15, 0.2) is 0 Å². The Labute approximate surface area is 100 Å². The average molecular weight is 227 g/mol. The van der Waals surface area contributed by atoms with Gasteiger partial charge in [0.05, 0.1) is 11.4 Å². The van der Waals surface area contributed by atoms with Gasteiger partial charge in [-0.05, 0) is 33.1 Å². The van der Waals surface area contributed by atoms with E-state index in [0.29, 0.717) is 12.5 Å². The first-order valence-corrected chi connectivity index (χ1v) is 5.97. The molecule has 0 N–H and O–H groups in total. The fraction of sp³-hybridized carbons (Fsp3) is 0.917. The zero-order valence-electron chi connectivity index (χ0n) is 11.4. The molecule has 0 bridgehead atoms. The monoisotopic (exact) mass is 227 g/mol. The Morgan fingerprint density at radius 1 is 1.31 bits per heavy atom. The Hall–Kier alpha value is -0.505. The van der Waals surface area contributed by atoms with Crippen LogP contribution in [0.4, 0.5) is 0 Å². The molecule has 0 aliphatic heterocycles. The molecule has 0 saturated heterocycles. The first-order valence-electron chi connectivity index (χ1n) is 5.97. The van der Waals surface area contributed by atoms with Crippen LogP contribution in [0.1, 0.15) is 48.0 Å². The van der Waals surface area contributed by atoms with Gasteiger partial charge in [-0.2, -0.15) is 0 Å². The number of carbonyl (C=O) groups excluding carboxylic acids is 1. The molecule has 4 heteroatoms. The summed E-state index contributed by atoms with van der Waals surface area (Å²) in [5, 5.41) is 0. The lowest BCUT2D eigenvalue weighted by molar-refractivity contribution is -0.139. The zero-order chi connectivity index (χ0) is 12.8. The molecule has 0 fully saturated rings. The number of carbonyl (C=O) groups is 1. The van der Waals surface area contributed by atoms with Crippen LogP contribution in [-0.2, 0) is 14.2 Å². The Morgan fingerprint density at radius 2 is 1.88 bits per heavy atom. The summed E-state index contributed by atoms with van der Waals surface area (Å²) < 4.78 is 10.5. The number of hydrogen-bond acceptors (Lipinski definition) is 3. The number of rotatable bonds is 7. The Morgan fingerprint density at radius 3 is 2.31 bits per heavy atom. The van der Waals surface area contributed by atoms with Crippen molar-refractivity contribution in [3.05, 3.63) is 0 Å². The maximum absolute atomic E-state index is 11.6. The molecular formula is C12H24BO3. The van der Waals surface area contributed by atoms with Crippen LogP contribution in [0.25, 0.3) is 0 Å². The van der Waals surface area contributed by atoms with Gasteiger partial charge in [-0.1, -0.05) is 20.8 Å². The highest BCUT2D eigenvalue weighted by Gasteiger charge is 2.26. The first kappa shape index (κ1) is 15.5. The van der Waals surface area contributed by atoms with E-state index < -0.39 is 5.50 Å². The van der Waals surface area contributed by atoms with Gasteiger partial charge in [0.2, 0.25) is 0 Å². The van der Waals surface area contributed by atoms with Crippen LogP contribution in [0.3, 0.4) is 0 Å². The fourth-order valence-electron chi connectivity index (χ4n) is 1.53. The molecule has 0 rings (SSSR count). The SMILES string of the molecule is CCOC(C)(C)[B]OC(=O)C(C)CC(C)C. The molecule has 0 aromatic heterocycles. The Bertz CT molecular complexity index is 214. The van der Waals surface area contributed by atoms with E-state index in [0.717, 1.165) is 6.42 Å². The summed E-state index contributed by atoms with van der Waals surface area (Å²) in [6.07, 6.45) is 0.849. The average Bonchev–Trinajstić information content (AvgIpc) is 2.13. The largest absolute Gasteiger partial charge is 0.535 e. The predicted octanol–water partition coefficient (Wildman–Crippen LogP) is 2.60. The second kappa shape index (κ2) is 6.95. The van der Waals surface area contributed by atoms with Gasteiger partial charge in [-0.3, -0.25) is 4.79 Å². The van der Waals surface area contributed by atoms with Crippen LogP contribution in [-0.4, -0.2) is 25.6 Å². The van der Waals surface area contributed by atoms with Crippen molar-refractivity contribution in [3.63, 3.8) is 0 Å². The van der Waals surface area contributed by atoms with Gasteiger partial charge in [0, 0.05) is 6.61 Å². The van der Waals surface area contributed by atoms with Crippen LogP contribution in [0, 0.1) is 11.8 Å². The smallest absolute Gasteiger partial charge is 0.408 e. The van der Waals surface area contributed by atoms with Gasteiger partial charge in [0.1, 0.15) is 0 Å². The van der Waals surface area contributed by atoms with Gasteiger partial charge in [-0.15, -0.1) is 0 Å². The third kappa shape index (κ3) is 6.88. The van der Waals surface area contributed by atoms with Crippen molar-refractivity contribution in [1.29, 1.82) is 0 Å². The molecule has 0 aliphatic rings. The summed E-state index contributed by atoms with van der Waals surface area (Å²) >= 11 is 0. The fourth-order valence-corrected chi connectivity index (χ4v) is 1.53. The van der Waals surface area contributed by atoms with Gasteiger partial charge in [0.25, 0.3) is 5.97 Å². The van der Waals surface area contributed by atoms with E-state index in [1.165, 1.54) is 7.48 Å². The quantitative estimate of drug-likeness (QED) is 0.627. The van der Waals surface area contributed by atoms with Gasteiger partial charge in [-0.25, -0.2) is 0 Å². The summed E-state index contributed by atoms with van der Waals surface area (Å²) in [4.78, 5) is 11.6. The molecule has 0 heterocycles. The molecule has 16 heavy (non-hydrogen) atoms. The van der Waals surface area contributed by atoms with Crippen molar-refractivity contribution >= 4 is 13.5 Å².